The van der Waals surface area contributed by atoms with Crippen molar-refractivity contribution in [3.63, 3.8) is 0 Å². The Morgan fingerprint density at radius 1 is 1.22 bits per heavy atom. The van der Waals surface area contributed by atoms with Gasteiger partial charge in [0.2, 0.25) is 5.91 Å². The van der Waals surface area contributed by atoms with Crippen LogP contribution in [0, 0.1) is 0 Å². The van der Waals surface area contributed by atoms with Crippen LogP contribution in [0.1, 0.15) is 10.5 Å². The summed E-state index contributed by atoms with van der Waals surface area (Å²) in [6.45, 7) is 1.53. The van der Waals surface area contributed by atoms with Gasteiger partial charge < -0.3 is 15.5 Å². The van der Waals surface area contributed by atoms with Crippen molar-refractivity contribution in [2.75, 3.05) is 29.9 Å². The van der Waals surface area contributed by atoms with Gasteiger partial charge in [0, 0.05) is 19.2 Å². The Balaban J connectivity index is 1.67. The Morgan fingerprint density at radius 2 is 2.09 bits per heavy atom. The molecule has 1 saturated heterocycles. The number of aromatic amines is 1. The largest absolute Gasteiger partial charge is 0.353 e. The van der Waals surface area contributed by atoms with Crippen molar-refractivity contribution < 1.29 is 9.59 Å². The van der Waals surface area contributed by atoms with Crippen LogP contribution in [0.4, 0.5) is 11.5 Å². The number of amides is 2. The second kappa shape index (κ2) is 6.26. The summed E-state index contributed by atoms with van der Waals surface area (Å²) in [4.78, 5) is 40.4. The lowest BCUT2D eigenvalue weighted by molar-refractivity contribution is -0.120. The van der Waals surface area contributed by atoms with Crippen molar-refractivity contribution in [3.8, 4) is 0 Å². The number of aromatic nitrogens is 3. The number of H-pyrrole nitrogens is 1. The van der Waals surface area contributed by atoms with E-state index >= 15 is 0 Å². The fourth-order valence-corrected chi connectivity index (χ4v) is 2.15. The second-order valence-electron chi connectivity index (χ2n) is 4.94. The lowest BCUT2D eigenvalue weighted by atomic mass is 10.3. The zero-order chi connectivity index (χ0) is 16.2. The molecule has 9 nitrogen and oxygen atoms in total. The highest BCUT2D eigenvalue weighted by atomic mass is 16.2. The summed E-state index contributed by atoms with van der Waals surface area (Å²) in [5, 5.41) is 11.2. The number of hydrogen-bond donors (Lipinski definition) is 3. The lowest BCUT2D eigenvalue weighted by Gasteiger charge is -2.27. The molecule has 0 bridgehead atoms. The van der Waals surface area contributed by atoms with Crippen molar-refractivity contribution in [3.05, 3.63) is 46.5 Å². The van der Waals surface area contributed by atoms with Gasteiger partial charge in [-0.2, -0.15) is 5.10 Å². The van der Waals surface area contributed by atoms with Gasteiger partial charge in [-0.3, -0.25) is 14.4 Å². The van der Waals surface area contributed by atoms with Crippen LogP contribution < -0.4 is 21.1 Å². The molecule has 3 heterocycles. The molecule has 0 saturated carbocycles. The van der Waals surface area contributed by atoms with Gasteiger partial charge in [0.05, 0.1) is 18.4 Å². The number of pyridine rings is 1. The number of anilines is 2. The fourth-order valence-electron chi connectivity index (χ4n) is 2.15. The lowest BCUT2D eigenvalue weighted by Crippen LogP contribution is -2.48. The number of piperazine rings is 1. The van der Waals surface area contributed by atoms with E-state index in [1.54, 1.807) is 12.1 Å². The Kier molecular flexibility index (Phi) is 4.00. The topological polar surface area (TPSA) is 120 Å². The molecular formula is C14H14N6O3. The van der Waals surface area contributed by atoms with Crippen LogP contribution in [0.15, 0.2) is 35.3 Å². The summed E-state index contributed by atoms with van der Waals surface area (Å²) < 4.78 is 0. The monoisotopic (exact) mass is 314 g/mol. The van der Waals surface area contributed by atoms with Gasteiger partial charge in [0.15, 0.2) is 0 Å². The highest BCUT2D eigenvalue weighted by Gasteiger charge is 2.17. The molecular weight excluding hydrogens is 300 g/mol. The van der Waals surface area contributed by atoms with Gasteiger partial charge in [-0.25, -0.2) is 10.1 Å². The number of nitrogens with zero attached hydrogens (tertiary/aromatic N) is 3. The Morgan fingerprint density at radius 3 is 2.74 bits per heavy atom. The molecule has 1 aliphatic rings. The molecule has 2 aromatic heterocycles. The number of nitrogens with one attached hydrogen (secondary N) is 3. The predicted octanol–water partition coefficient (Wildman–Crippen LogP) is -0.647. The second-order valence-corrected chi connectivity index (χ2v) is 4.94. The van der Waals surface area contributed by atoms with Gasteiger partial charge in [-0.05, 0) is 18.2 Å². The average molecular weight is 314 g/mol. The first-order chi connectivity index (χ1) is 11.1. The van der Waals surface area contributed by atoms with Crippen molar-refractivity contribution >= 4 is 23.3 Å². The first-order valence-electron chi connectivity index (χ1n) is 6.96. The minimum Gasteiger partial charge on any atom is -0.353 e. The van der Waals surface area contributed by atoms with Crippen molar-refractivity contribution in [1.29, 1.82) is 0 Å². The van der Waals surface area contributed by atoms with Crippen LogP contribution in [0.25, 0.3) is 0 Å². The summed E-state index contributed by atoms with van der Waals surface area (Å²) in [5.74, 6) is 0.174. The number of carbonyl (C=O) groups excluding carboxylic acids is 2. The minimum atomic E-state index is -0.451. The van der Waals surface area contributed by atoms with Gasteiger partial charge in [-0.15, -0.1) is 0 Å². The highest BCUT2D eigenvalue weighted by Crippen LogP contribution is 2.15. The molecule has 1 aliphatic heterocycles. The summed E-state index contributed by atoms with van der Waals surface area (Å²) in [6.07, 6.45) is 1.51. The third-order valence-electron chi connectivity index (χ3n) is 3.28. The molecule has 3 N–H and O–H groups in total. The predicted molar refractivity (Wildman–Crippen MR) is 82.3 cm³/mol. The fraction of sp³-hybridized carbons (Fsp3) is 0.214. The molecule has 0 aliphatic carbocycles. The van der Waals surface area contributed by atoms with Crippen LogP contribution in [0.3, 0.4) is 0 Å². The van der Waals surface area contributed by atoms with Gasteiger partial charge in [0.25, 0.3) is 11.5 Å². The van der Waals surface area contributed by atoms with E-state index in [2.05, 4.69) is 25.8 Å². The van der Waals surface area contributed by atoms with Crippen LogP contribution in [0.2, 0.25) is 0 Å². The third-order valence-corrected chi connectivity index (χ3v) is 3.28. The molecule has 1 fully saturated rings. The molecule has 2 aromatic rings. The first kappa shape index (κ1) is 14.7. The van der Waals surface area contributed by atoms with Gasteiger partial charge in [-0.1, -0.05) is 0 Å². The van der Waals surface area contributed by atoms with E-state index in [1.807, 2.05) is 4.90 Å². The molecule has 0 aromatic carbocycles. The van der Waals surface area contributed by atoms with Gasteiger partial charge >= 0.3 is 0 Å². The van der Waals surface area contributed by atoms with E-state index in [0.29, 0.717) is 24.6 Å². The number of carbonyl (C=O) groups is 2. The molecule has 0 radical (unpaired) electrons. The molecule has 0 atom stereocenters. The standard InChI is InChI=1S/C14H14N6O3/c21-12-4-2-10(18-19-12)14(23)17-9-1-3-11(16-7-9)20-6-5-15-13(22)8-20/h1-4,7H,5-6,8H2,(H,15,22)(H,17,23)(H,19,21). The van der Waals surface area contributed by atoms with E-state index in [9.17, 15) is 14.4 Å². The van der Waals surface area contributed by atoms with Crippen LogP contribution >= 0.6 is 0 Å². The summed E-state index contributed by atoms with van der Waals surface area (Å²) >= 11 is 0. The number of rotatable bonds is 3. The van der Waals surface area contributed by atoms with Crippen molar-refractivity contribution in [2.24, 2.45) is 0 Å². The molecule has 3 rings (SSSR count). The van der Waals surface area contributed by atoms with Crippen LogP contribution in [-0.2, 0) is 4.79 Å². The van der Waals surface area contributed by atoms with E-state index in [1.165, 1.54) is 18.3 Å². The van der Waals surface area contributed by atoms with E-state index in [0.717, 1.165) is 0 Å². The molecule has 9 heteroatoms. The average Bonchev–Trinajstić information content (AvgIpc) is 2.56. The number of hydrogen-bond acceptors (Lipinski definition) is 6. The van der Waals surface area contributed by atoms with E-state index in [-0.39, 0.29) is 23.7 Å². The summed E-state index contributed by atoms with van der Waals surface area (Å²) in [5.41, 5.74) is 0.215. The van der Waals surface area contributed by atoms with Gasteiger partial charge in [0.1, 0.15) is 11.5 Å². The SMILES string of the molecule is O=C1CN(c2ccc(NC(=O)c3ccc(=O)[nH]n3)cn2)CCN1. The smallest absolute Gasteiger partial charge is 0.276 e. The zero-order valence-electron chi connectivity index (χ0n) is 12.1. The minimum absolute atomic E-state index is 0.0421. The molecule has 118 valence electrons. The van der Waals surface area contributed by atoms with E-state index in [4.69, 9.17) is 0 Å². The summed E-state index contributed by atoms with van der Waals surface area (Å²) in [6, 6.07) is 5.99. The van der Waals surface area contributed by atoms with E-state index < -0.39 is 5.91 Å². The Hall–Kier alpha value is -3.23. The zero-order valence-corrected chi connectivity index (χ0v) is 12.1. The maximum Gasteiger partial charge on any atom is 0.276 e. The maximum atomic E-state index is 12.0. The van der Waals surface area contributed by atoms with Crippen molar-refractivity contribution in [2.45, 2.75) is 0 Å². The molecule has 2 amide bonds. The Bertz CT molecular complexity index is 765. The third kappa shape index (κ3) is 3.51. The normalized spacial score (nSPS) is 14.3. The molecule has 0 unspecified atom stereocenters. The quantitative estimate of drug-likeness (QED) is 0.692. The highest BCUT2D eigenvalue weighted by molar-refractivity contribution is 6.02. The molecule has 0 spiro atoms. The van der Waals surface area contributed by atoms with Crippen molar-refractivity contribution in [1.82, 2.24) is 20.5 Å². The van der Waals surface area contributed by atoms with Crippen LogP contribution in [0.5, 0.6) is 0 Å². The summed E-state index contributed by atoms with van der Waals surface area (Å²) in [7, 11) is 0. The Labute approximate surface area is 130 Å². The maximum absolute atomic E-state index is 12.0. The molecule has 23 heavy (non-hydrogen) atoms. The van der Waals surface area contributed by atoms with Crippen LogP contribution in [-0.4, -0.2) is 46.6 Å². The first-order valence-corrected chi connectivity index (χ1v) is 6.96.